The van der Waals surface area contributed by atoms with Gasteiger partial charge in [0.15, 0.2) is 6.29 Å². The van der Waals surface area contributed by atoms with Gasteiger partial charge in [-0.05, 0) is 32.6 Å². The normalized spacial score (nSPS) is 18.2. The van der Waals surface area contributed by atoms with E-state index in [1.54, 1.807) is 0 Å². The fourth-order valence-corrected chi connectivity index (χ4v) is 2.64. The van der Waals surface area contributed by atoms with Gasteiger partial charge in [-0.2, -0.15) is 0 Å². The van der Waals surface area contributed by atoms with E-state index in [9.17, 15) is 0 Å². The Morgan fingerprint density at radius 1 is 1.00 bits per heavy atom. The van der Waals surface area contributed by atoms with Crippen molar-refractivity contribution in [2.45, 2.75) is 71.5 Å². The van der Waals surface area contributed by atoms with Gasteiger partial charge in [0.05, 0.1) is 0 Å². The lowest BCUT2D eigenvalue weighted by Crippen LogP contribution is -2.17. The second kappa shape index (κ2) is 9.00. The van der Waals surface area contributed by atoms with Gasteiger partial charge in [-0.15, -0.1) is 0 Å². The van der Waals surface area contributed by atoms with Crippen molar-refractivity contribution in [1.82, 2.24) is 0 Å². The largest absolute Gasteiger partial charge is 0.353 e. The Kier molecular flexibility index (Phi) is 7.87. The summed E-state index contributed by atoms with van der Waals surface area (Å²) in [6.45, 7) is 5.59. The van der Waals surface area contributed by atoms with E-state index in [2.05, 4.69) is 0 Å². The molecule has 0 amide bonds. The number of rotatable bonds is 8. The van der Waals surface area contributed by atoms with Crippen LogP contribution < -0.4 is 0 Å². The van der Waals surface area contributed by atoms with Crippen LogP contribution in [0.3, 0.4) is 0 Å². The Balaban J connectivity index is 2.06. The molecule has 2 nitrogen and oxygen atoms in total. The maximum atomic E-state index is 5.55. The lowest BCUT2D eigenvalue weighted by molar-refractivity contribution is -0.140. The molecule has 1 aliphatic carbocycles. The Bertz CT molecular complexity index is 147. The molecule has 0 spiro atoms. The summed E-state index contributed by atoms with van der Waals surface area (Å²) in [5, 5.41) is 0. The highest BCUT2D eigenvalue weighted by Gasteiger charge is 2.14. The average Bonchev–Trinajstić information content (AvgIpc) is 2.31. The van der Waals surface area contributed by atoms with Crippen LogP contribution in [0.2, 0.25) is 0 Å². The summed E-state index contributed by atoms with van der Waals surface area (Å²) in [6.07, 6.45) is 11.0. The predicted octanol–water partition coefficient (Wildman–Crippen LogP) is 4.14. The van der Waals surface area contributed by atoms with Crippen molar-refractivity contribution in [3.05, 3.63) is 0 Å². The molecule has 1 aliphatic rings. The predicted molar refractivity (Wildman–Crippen MR) is 67.5 cm³/mol. The van der Waals surface area contributed by atoms with Crippen molar-refractivity contribution in [2.75, 3.05) is 13.2 Å². The van der Waals surface area contributed by atoms with Crippen LogP contribution in [-0.2, 0) is 9.47 Å². The number of hydrogen-bond acceptors (Lipinski definition) is 2. The summed E-state index contributed by atoms with van der Waals surface area (Å²) in [5.74, 6) is 0.984. The van der Waals surface area contributed by atoms with E-state index < -0.39 is 0 Å². The van der Waals surface area contributed by atoms with Crippen molar-refractivity contribution in [3.63, 3.8) is 0 Å². The van der Waals surface area contributed by atoms with Crippen LogP contribution in [0.1, 0.15) is 65.2 Å². The molecule has 0 radical (unpaired) electrons. The van der Waals surface area contributed by atoms with Gasteiger partial charge in [0.25, 0.3) is 0 Å². The third-order valence-electron chi connectivity index (χ3n) is 3.48. The maximum absolute atomic E-state index is 5.55. The SMILES string of the molecule is CCOC(CCCC1CCCCC1)OCC. The quantitative estimate of drug-likeness (QED) is 0.581. The van der Waals surface area contributed by atoms with Crippen LogP contribution in [0.4, 0.5) is 0 Å². The molecule has 2 heteroatoms. The van der Waals surface area contributed by atoms with Crippen LogP contribution in [0.15, 0.2) is 0 Å². The molecule has 0 aromatic rings. The molecule has 1 saturated carbocycles. The Labute approximate surface area is 101 Å². The van der Waals surface area contributed by atoms with Crippen molar-refractivity contribution < 1.29 is 9.47 Å². The van der Waals surface area contributed by atoms with Gasteiger partial charge in [0.2, 0.25) is 0 Å². The molecule has 0 N–H and O–H groups in total. The summed E-state index contributed by atoms with van der Waals surface area (Å²) in [5.41, 5.74) is 0. The van der Waals surface area contributed by atoms with E-state index in [1.807, 2.05) is 13.8 Å². The van der Waals surface area contributed by atoms with E-state index in [4.69, 9.17) is 9.47 Å². The van der Waals surface area contributed by atoms with Gasteiger partial charge >= 0.3 is 0 Å². The van der Waals surface area contributed by atoms with Crippen LogP contribution in [0, 0.1) is 5.92 Å². The van der Waals surface area contributed by atoms with Gasteiger partial charge in [-0.25, -0.2) is 0 Å². The van der Waals surface area contributed by atoms with Crippen LogP contribution in [0.5, 0.6) is 0 Å². The average molecular weight is 228 g/mol. The molecule has 0 aliphatic heterocycles. The first kappa shape index (κ1) is 14.0. The Morgan fingerprint density at radius 2 is 1.62 bits per heavy atom. The zero-order valence-corrected chi connectivity index (χ0v) is 11.0. The molecule has 96 valence electrons. The second-order valence-corrected chi connectivity index (χ2v) is 4.78. The minimum atomic E-state index is 0.0404. The third kappa shape index (κ3) is 5.86. The molecule has 0 aromatic heterocycles. The summed E-state index contributed by atoms with van der Waals surface area (Å²) in [4.78, 5) is 0. The topological polar surface area (TPSA) is 18.5 Å². The smallest absolute Gasteiger partial charge is 0.157 e. The Morgan fingerprint density at radius 3 is 2.19 bits per heavy atom. The van der Waals surface area contributed by atoms with Gasteiger partial charge in [0.1, 0.15) is 0 Å². The van der Waals surface area contributed by atoms with Gasteiger partial charge < -0.3 is 9.47 Å². The van der Waals surface area contributed by atoms with Crippen molar-refractivity contribution in [2.24, 2.45) is 5.92 Å². The maximum Gasteiger partial charge on any atom is 0.157 e. The highest BCUT2D eigenvalue weighted by Crippen LogP contribution is 2.28. The van der Waals surface area contributed by atoms with E-state index in [0.717, 1.165) is 25.6 Å². The van der Waals surface area contributed by atoms with Crippen LogP contribution in [0.25, 0.3) is 0 Å². The third-order valence-corrected chi connectivity index (χ3v) is 3.48. The van der Waals surface area contributed by atoms with Gasteiger partial charge in [0, 0.05) is 13.2 Å². The highest BCUT2D eigenvalue weighted by molar-refractivity contribution is 4.66. The summed E-state index contributed by atoms with van der Waals surface area (Å²) < 4.78 is 11.1. The van der Waals surface area contributed by atoms with Crippen molar-refractivity contribution in [3.8, 4) is 0 Å². The first-order valence-corrected chi connectivity index (χ1v) is 7.10. The standard InChI is InChI=1S/C14H28O2/c1-3-15-14(16-4-2)12-8-11-13-9-6-5-7-10-13/h13-14H,3-12H2,1-2H3. The molecule has 0 bridgehead atoms. The molecule has 0 heterocycles. The van der Waals surface area contributed by atoms with Crippen molar-refractivity contribution >= 4 is 0 Å². The van der Waals surface area contributed by atoms with Gasteiger partial charge in [-0.1, -0.05) is 38.5 Å². The van der Waals surface area contributed by atoms with E-state index >= 15 is 0 Å². The lowest BCUT2D eigenvalue weighted by Gasteiger charge is -2.22. The molecular weight excluding hydrogens is 200 g/mol. The monoisotopic (exact) mass is 228 g/mol. The van der Waals surface area contributed by atoms with E-state index in [1.165, 1.54) is 44.9 Å². The second-order valence-electron chi connectivity index (χ2n) is 4.78. The molecular formula is C14H28O2. The minimum Gasteiger partial charge on any atom is -0.353 e. The molecule has 1 rings (SSSR count). The first-order valence-electron chi connectivity index (χ1n) is 7.10. The fraction of sp³-hybridized carbons (Fsp3) is 1.00. The molecule has 0 unspecified atom stereocenters. The zero-order chi connectivity index (χ0) is 11.6. The molecule has 16 heavy (non-hydrogen) atoms. The Hall–Kier alpha value is -0.0800. The first-order chi connectivity index (χ1) is 7.86. The van der Waals surface area contributed by atoms with E-state index in [0.29, 0.717) is 0 Å². The fourth-order valence-electron chi connectivity index (χ4n) is 2.64. The lowest BCUT2D eigenvalue weighted by atomic mass is 9.86. The van der Waals surface area contributed by atoms with Crippen LogP contribution >= 0.6 is 0 Å². The minimum absolute atomic E-state index is 0.0404. The summed E-state index contributed by atoms with van der Waals surface area (Å²) >= 11 is 0. The molecule has 0 atom stereocenters. The highest BCUT2D eigenvalue weighted by atomic mass is 16.7. The van der Waals surface area contributed by atoms with Crippen LogP contribution in [-0.4, -0.2) is 19.5 Å². The molecule has 1 fully saturated rings. The zero-order valence-electron chi connectivity index (χ0n) is 11.0. The molecule has 0 aromatic carbocycles. The summed E-state index contributed by atoms with van der Waals surface area (Å²) in [6, 6.07) is 0. The van der Waals surface area contributed by atoms with E-state index in [-0.39, 0.29) is 6.29 Å². The summed E-state index contributed by atoms with van der Waals surface area (Å²) in [7, 11) is 0. The van der Waals surface area contributed by atoms with Gasteiger partial charge in [-0.3, -0.25) is 0 Å². The molecule has 0 saturated heterocycles. The number of ether oxygens (including phenoxy) is 2. The number of hydrogen-bond donors (Lipinski definition) is 0. The van der Waals surface area contributed by atoms with Crippen molar-refractivity contribution in [1.29, 1.82) is 0 Å².